The molecule has 0 aromatic heterocycles. The summed E-state index contributed by atoms with van der Waals surface area (Å²) in [4.78, 5) is 0. The molecule has 0 aliphatic heterocycles. The van der Waals surface area contributed by atoms with Gasteiger partial charge in [-0.2, -0.15) is 0 Å². The number of fused-ring (bicyclic) bond motifs is 1. The van der Waals surface area contributed by atoms with Crippen molar-refractivity contribution in [1.82, 2.24) is 0 Å². The molecule has 2 aromatic carbocycles. The lowest BCUT2D eigenvalue weighted by Gasteiger charge is -2.19. The molecule has 0 bridgehead atoms. The maximum atomic E-state index is 5.84. The van der Waals surface area contributed by atoms with Gasteiger partial charge in [0.15, 0.2) is 13.6 Å². The molecule has 22 heavy (non-hydrogen) atoms. The fourth-order valence-electron chi connectivity index (χ4n) is 2.36. The van der Waals surface area contributed by atoms with Gasteiger partial charge in [0.05, 0.1) is 0 Å². The van der Waals surface area contributed by atoms with Crippen molar-refractivity contribution in [2.24, 2.45) is 0 Å². The Balaban J connectivity index is 2.44. The van der Waals surface area contributed by atoms with Gasteiger partial charge in [0.1, 0.15) is 11.5 Å². The summed E-state index contributed by atoms with van der Waals surface area (Å²) in [6, 6.07) is 8.07. The molecule has 0 heterocycles. The van der Waals surface area contributed by atoms with Crippen LogP contribution in [-0.2, 0) is 9.47 Å². The van der Waals surface area contributed by atoms with E-state index >= 15 is 0 Å². The van der Waals surface area contributed by atoms with Gasteiger partial charge in [-0.1, -0.05) is 24.3 Å². The van der Waals surface area contributed by atoms with Crippen molar-refractivity contribution in [2.45, 2.75) is 27.7 Å². The van der Waals surface area contributed by atoms with Crippen molar-refractivity contribution < 1.29 is 18.9 Å². The summed E-state index contributed by atoms with van der Waals surface area (Å²) >= 11 is 0. The Morgan fingerprint density at radius 1 is 0.727 bits per heavy atom. The number of hydrogen-bond donors (Lipinski definition) is 0. The topological polar surface area (TPSA) is 36.9 Å². The van der Waals surface area contributed by atoms with E-state index < -0.39 is 0 Å². The predicted octanol–water partition coefficient (Wildman–Crippen LogP) is 4.20. The van der Waals surface area contributed by atoms with Crippen LogP contribution >= 0.6 is 0 Å². The summed E-state index contributed by atoms with van der Waals surface area (Å²) in [6.07, 6.45) is 0. The molecule has 0 fully saturated rings. The van der Waals surface area contributed by atoms with Gasteiger partial charge in [0, 0.05) is 24.0 Å². The Hall–Kier alpha value is -1.78. The lowest BCUT2D eigenvalue weighted by Crippen LogP contribution is -2.07. The van der Waals surface area contributed by atoms with E-state index in [9.17, 15) is 0 Å². The van der Waals surface area contributed by atoms with Gasteiger partial charge in [-0.3, -0.25) is 0 Å². The third-order valence-corrected chi connectivity index (χ3v) is 3.64. The zero-order chi connectivity index (χ0) is 15.9. The Morgan fingerprint density at radius 2 is 1.14 bits per heavy atom. The fraction of sp³-hybridized carbons (Fsp3) is 0.444. The summed E-state index contributed by atoms with van der Waals surface area (Å²) in [5.74, 6) is 1.70. The zero-order valence-corrected chi connectivity index (χ0v) is 13.8. The zero-order valence-electron chi connectivity index (χ0n) is 13.8. The molecular formula is C18H24O4. The SMILES string of the molecule is CCOCOc1c(C)c(C)c(OCOCC)c2ccccc12. The minimum atomic E-state index is 0.250. The lowest BCUT2D eigenvalue weighted by atomic mass is 9.99. The molecule has 2 rings (SSSR count). The molecule has 0 saturated heterocycles. The summed E-state index contributed by atoms with van der Waals surface area (Å²) in [6.45, 7) is 9.73. The van der Waals surface area contributed by atoms with E-state index in [1.165, 1.54) is 0 Å². The monoisotopic (exact) mass is 304 g/mol. The molecule has 0 N–H and O–H groups in total. The van der Waals surface area contributed by atoms with E-state index in [4.69, 9.17) is 18.9 Å². The molecule has 0 amide bonds. The van der Waals surface area contributed by atoms with Crippen LogP contribution in [0.2, 0.25) is 0 Å². The first-order chi connectivity index (χ1) is 10.7. The molecule has 4 nitrogen and oxygen atoms in total. The van der Waals surface area contributed by atoms with Gasteiger partial charge < -0.3 is 18.9 Å². The fourth-order valence-corrected chi connectivity index (χ4v) is 2.36. The van der Waals surface area contributed by atoms with Crippen molar-refractivity contribution in [2.75, 3.05) is 26.8 Å². The van der Waals surface area contributed by atoms with Crippen LogP contribution in [0, 0.1) is 13.8 Å². The van der Waals surface area contributed by atoms with Crippen LogP contribution in [-0.4, -0.2) is 26.8 Å². The molecule has 0 radical (unpaired) electrons. The quantitative estimate of drug-likeness (QED) is 0.541. The van der Waals surface area contributed by atoms with E-state index in [0.29, 0.717) is 13.2 Å². The van der Waals surface area contributed by atoms with Gasteiger partial charge >= 0.3 is 0 Å². The van der Waals surface area contributed by atoms with Crippen LogP contribution in [0.1, 0.15) is 25.0 Å². The number of rotatable bonds is 8. The average molecular weight is 304 g/mol. The minimum absolute atomic E-state index is 0.250. The van der Waals surface area contributed by atoms with Crippen molar-refractivity contribution in [1.29, 1.82) is 0 Å². The molecule has 0 aliphatic carbocycles. The molecule has 0 atom stereocenters. The third kappa shape index (κ3) is 3.51. The molecule has 0 saturated carbocycles. The van der Waals surface area contributed by atoms with E-state index in [1.807, 2.05) is 52.0 Å². The number of hydrogen-bond acceptors (Lipinski definition) is 4. The second kappa shape index (κ2) is 8.01. The summed E-state index contributed by atoms with van der Waals surface area (Å²) in [5.41, 5.74) is 2.12. The van der Waals surface area contributed by atoms with E-state index in [0.717, 1.165) is 33.4 Å². The Kier molecular flexibility index (Phi) is 6.04. The maximum Gasteiger partial charge on any atom is 0.189 e. The predicted molar refractivity (Wildman–Crippen MR) is 87.7 cm³/mol. The van der Waals surface area contributed by atoms with Crippen LogP contribution in [0.15, 0.2) is 24.3 Å². The van der Waals surface area contributed by atoms with E-state index in [1.54, 1.807) is 0 Å². The third-order valence-electron chi connectivity index (χ3n) is 3.64. The lowest BCUT2D eigenvalue weighted by molar-refractivity contribution is 0.0207. The highest BCUT2D eigenvalue weighted by Crippen LogP contribution is 2.40. The molecule has 120 valence electrons. The van der Waals surface area contributed by atoms with E-state index in [-0.39, 0.29) is 13.6 Å². The molecule has 0 unspecified atom stereocenters. The van der Waals surface area contributed by atoms with Gasteiger partial charge in [0.25, 0.3) is 0 Å². The minimum Gasteiger partial charge on any atom is -0.467 e. The van der Waals surface area contributed by atoms with Crippen LogP contribution in [0.25, 0.3) is 10.8 Å². The first-order valence-electron chi connectivity index (χ1n) is 7.63. The highest BCUT2D eigenvalue weighted by atomic mass is 16.7. The van der Waals surface area contributed by atoms with Crippen LogP contribution in [0.4, 0.5) is 0 Å². The highest BCUT2D eigenvalue weighted by molar-refractivity contribution is 5.95. The van der Waals surface area contributed by atoms with Gasteiger partial charge in [-0.25, -0.2) is 0 Å². The summed E-state index contributed by atoms with van der Waals surface area (Å²) in [5, 5.41) is 2.05. The van der Waals surface area contributed by atoms with Crippen molar-refractivity contribution in [3.8, 4) is 11.5 Å². The van der Waals surface area contributed by atoms with Crippen LogP contribution in [0.3, 0.4) is 0 Å². The average Bonchev–Trinajstić information content (AvgIpc) is 2.54. The highest BCUT2D eigenvalue weighted by Gasteiger charge is 2.16. The number of benzene rings is 2. The van der Waals surface area contributed by atoms with Crippen molar-refractivity contribution in [3.63, 3.8) is 0 Å². The smallest absolute Gasteiger partial charge is 0.189 e. The van der Waals surface area contributed by atoms with E-state index in [2.05, 4.69) is 0 Å². The van der Waals surface area contributed by atoms with Gasteiger partial charge in [0.2, 0.25) is 0 Å². The van der Waals surface area contributed by atoms with Gasteiger partial charge in [-0.15, -0.1) is 0 Å². The van der Waals surface area contributed by atoms with Crippen molar-refractivity contribution in [3.05, 3.63) is 35.4 Å². The molecule has 2 aromatic rings. The van der Waals surface area contributed by atoms with Crippen molar-refractivity contribution >= 4 is 10.8 Å². The standard InChI is InChI=1S/C18H24O4/c1-5-19-11-21-17-13(3)14(4)18(22-12-20-6-2)16-10-8-7-9-15(16)17/h7-10H,5-6,11-12H2,1-4H3. The molecular weight excluding hydrogens is 280 g/mol. The summed E-state index contributed by atoms with van der Waals surface area (Å²) < 4.78 is 22.3. The first kappa shape index (κ1) is 16.6. The summed E-state index contributed by atoms with van der Waals surface area (Å²) in [7, 11) is 0. The van der Waals surface area contributed by atoms with Crippen LogP contribution < -0.4 is 9.47 Å². The second-order valence-corrected chi connectivity index (χ2v) is 4.96. The normalized spacial score (nSPS) is 10.9. The molecule has 0 aliphatic rings. The van der Waals surface area contributed by atoms with Gasteiger partial charge in [-0.05, 0) is 38.8 Å². The Labute approximate surface area is 131 Å². The molecule has 0 spiro atoms. The number of ether oxygens (including phenoxy) is 4. The Bertz CT molecular complexity index is 568. The maximum absolute atomic E-state index is 5.84. The second-order valence-electron chi connectivity index (χ2n) is 4.96. The van der Waals surface area contributed by atoms with Crippen LogP contribution in [0.5, 0.6) is 11.5 Å². The first-order valence-corrected chi connectivity index (χ1v) is 7.63. The molecule has 4 heteroatoms. The Morgan fingerprint density at radius 3 is 1.50 bits per heavy atom. The largest absolute Gasteiger partial charge is 0.467 e.